The van der Waals surface area contributed by atoms with E-state index < -0.39 is 0 Å². The molecule has 2 aromatic heterocycles. The Hall–Kier alpha value is -3.02. The SMILES string of the molecule is CC(C)CCC(=O)N1CCN(c2nc(-c3cccnc3)nc3ccccc23)CC1. The summed E-state index contributed by atoms with van der Waals surface area (Å²) < 4.78 is 0. The average Bonchev–Trinajstić information content (AvgIpc) is 2.77. The Morgan fingerprint density at radius 2 is 1.83 bits per heavy atom. The number of aromatic nitrogens is 3. The minimum absolute atomic E-state index is 0.266. The maximum absolute atomic E-state index is 12.5. The van der Waals surface area contributed by atoms with Gasteiger partial charge in [-0.1, -0.05) is 26.0 Å². The van der Waals surface area contributed by atoms with Crippen LogP contribution in [0.2, 0.25) is 0 Å². The molecule has 1 saturated heterocycles. The molecule has 0 bridgehead atoms. The molecule has 4 rings (SSSR count). The van der Waals surface area contributed by atoms with Gasteiger partial charge in [0, 0.05) is 55.9 Å². The van der Waals surface area contributed by atoms with Crippen molar-refractivity contribution in [3.63, 3.8) is 0 Å². The Morgan fingerprint density at radius 3 is 2.55 bits per heavy atom. The molecule has 0 aliphatic carbocycles. The zero-order valence-corrected chi connectivity index (χ0v) is 17.1. The van der Waals surface area contributed by atoms with Gasteiger partial charge < -0.3 is 9.80 Å². The van der Waals surface area contributed by atoms with Crippen molar-refractivity contribution in [2.24, 2.45) is 5.92 Å². The summed E-state index contributed by atoms with van der Waals surface area (Å²) in [4.78, 5) is 30.6. The summed E-state index contributed by atoms with van der Waals surface area (Å²) in [5, 5.41) is 1.04. The van der Waals surface area contributed by atoms with Crippen LogP contribution in [-0.2, 0) is 4.79 Å². The van der Waals surface area contributed by atoms with Gasteiger partial charge in [0.2, 0.25) is 5.91 Å². The molecule has 1 aliphatic heterocycles. The van der Waals surface area contributed by atoms with Crippen molar-refractivity contribution in [1.82, 2.24) is 19.9 Å². The van der Waals surface area contributed by atoms with Crippen LogP contribution in [0.4, 0.5) is 5.82 Å². The van der Waals surface area contributed by atoms with E-state index in [1.807, 2.05) is 35.2 Å². The highest BCUT2D eigenvalue weighted by molar-refractivity contribution is 5.91. The zero-order chi connectivity index (χ0) is 20.2. The van der Waals surface area contributed by atoms with Gasteiger partial charge in [0.1, 0.15) is 5.82 Å². The summed E-state index contributed by atoms with van der Waals surface area (Å²) in [6.45, 7) is 7.34. The zero-order valence-electron chi connectivity index (χ0n) is 17.1. The normalized spacial score (nSPS) is 14.6. The quantitative estimate of drug-likeness (QED) is 0.665. The molecule has 0 N–H and O–H groups in total. The molecule has 1 amide bonds. The number of carbonyl (C=O) groups is 1. The Labute approximate surface area is 171 Å². The first-order valence-corrected chi connectivity index (χ1v) is 10.3. The number of amides is 1. The van der Waals surface area contributed by atoms with Crippen molar-refractivity contribution in [1.29, 1.82) is 0 Å². The first kappa shape index (κ1) is 19.3. The molecular formula is C23H27N5O. The fourth-order valence-corrected chi connectivity index (χ4v) is 3.66. The first-order valence-electron chi connectivity index (χ1n) is 10.3. The summed E-state index contributed by atoms with van der Waals surface area (Å²) in [7, 11) is 0. The van der Waals surface area contributed by atoms with Crippen LogP contribution in [-0.4, -0.2) is 51.9 Å². The second-order valence-corrected chi connectivity index (χ2v) is 7.93. The Kier molecular flexibility index (Phi) is 5.69. The minimum atomic E-state index is 0.266. The second kappa shape index (κ2) is 8.55. The third kappa shape index (κ3) is 4.36. The van der Waals surface area contributed by atoms with Crippen molar-refractivity contribution in [3.05, 3.63) is 48.8 Å². The molecule has 0 unspecified atom stereocenters. The Morgan fingerprint density at radius 1 is 1.03 bits per heavy atom. The predicted octanol–water partition coefficient (Wildman–Crippen LogP) is 3.78. The standard InChI is InChI=1S/C23H27N5O/c1-17(2)9-10-21(29)27-12-14-28(15-13-27)23-19-7-3-4-8-20(19)25-22(26-23)18-6-5-11-24-16-18/h3-8,11,16-17H,9-10,12-15H2,1-2H3. The van der Waals surface area contributed by atoms with E-state index in [1.54, 1.807) is 12.4 Å². The highest BCUT2D eigenvalue weighted by Crippen LogP contribution is 2.28. The number of pyridine rings is 1. The largest absolute Gasteiger partial charge is 0.352 e. The van der Waals surface area contributed by atoms with Gasteiger partial charge in [0.15, 0.2) is 5.82 Å². The van der Waals surface area contributed by atoms with Gasteiger partial charge in [0.25, 0.3) is 0 Å². The summed E-state index contributed by atoms with van der Waals surface area (Å²) in [6, 6.07) is 12.0. The topological polar surface area (TPSA) is 62.2 Å². The third-order valence-electron chi connectivity index (χ3n) is 5.37. The second-order valence-electron chi connectivity index (χ2n) is 7.93. The van der Waals surface area contributed by atoms with Crippen LogP contribution in [0.25, 0.3) is 22.3 Å². The van der Waals surface area contributed by atoms with Gasteiger partial charge in [0.05, 0.1) is 5.52 Å². The number of anilines is 1. The van der Waals surface area contributed by atoms with Gasteiger partial charge >= 0.3 is 0 Å². The fourth-order valence-electron chi connectivity index (χ4n) is 3.66. The van der Waals surface area contributed by atoms with E-state index in [4.69, 9.17) is 9.97 Å². The number of rotatable bonds is 5. The number of nitrogens with zero attached hydrogens (tertiary/aromatic N) is 5. The molecule has 0 radical (unpaired) electrons. The van der Waals surface area contributed by atoms with E-state index in [-0.39, 0.29) is 5.91 Å². The van der Waals surface area contributed by atoms with E-state index >= 15 is 0 Å². The molecular weight excluding hydrogens is 362 g/mol. The molecule has 3 aromatic rings. The molecule has 1 fully saturated rings. The molecule has 6 nitrogen and oxygen atoms in total. The fraction of sp³-hybridized carbons (Fsp3) is 0.391. The van der Waals surface area contributed by atoms with Crippen molar-refractivity contribution in [2.75, 3.05) is 31.1 Å². The van der Waals surface area contributed by atoms with Crippen molar-refractivity contribution >= 4 is 22.6 Å². The van der Waals surface area contributed by atoms with E-state index in [1.165, 1.54) is 0 Å². The van der Waals surface area contributed by atoms with Crippen LogP contribution < -0.4 is 4.90 Å². The van der Waals surface area contributed by atoms with E-state index in [9.17, 15) is 4.79 Å². The maximum Gasteiger partial charge on any atom is 0.222 e. The smallest absolute Gasteiger partial charge is 0.222 e. The lowest BCUT2D eigenvalue weighted by Crippen LogP contribution is -2.49. The lowest BCUT2D eigenvalue weighted by Gasteiger charge is -2.36. The summed E-state index contributed by atoms with van der Waals surface area (Å²) in [5.74, 6) is 2.44. The van der Waals surface area contributed by atoms with Gasteiger partial charge in [-0.25, -0.2) is 9.97 Å². The van der Waals surface area contributed by atoms with Gasteiger partial charge in [-0.2, -0.15) is 0 Å². The average molecular weight is 390 g/mol. The highest BCUT2D eigenvalue weighted by atomic mass is 16.2. The van der Waals surface area contributed by atoms with Crippen LogP contribution in [0, 0.1) is 5.92 Å². The summed E-state index contributed by atoms with van der Waals surface area (Å²) in [5.41, 5.74) is 1.83. The third-order valence-corrected chi connectivity index (χ3v) is 5.37. The molecule has 6 heteroatoms. The van der Waals surface area contributed by atoms with Gasteiger partial charge in [-0.15, -0.1) is 0 Å². The van der Waals surface area contributed by atoms with E-state index in [0.717, 1.165) is 54.9 Å². The Balaban J connectivity index is 1.57. The molecule has 3 heterocycles. The number of para-hydroxylation sites is 1. The number of carbonyl (C=O) groups excluding carboxylic acids is 1. The number of piperazine rings is 1. The molecule has 0 saturated carbocycles. The number of hydrogen-bond donors (Lipinski definition) is 0. The predicted molar refractivity (Wildman–Crippen MR) is 116 cm³/mol. The monoisotopic (exact) mass is 389 g/mol. The minimum Gasteiger partial charge on any atom is -0.352 e. The van der Waals surface area contributed by atoms with Crippen molar-refractivity contribution in [2.45, 2.75) is 26.7 Å². The van der Waals surface area contributed by atoms with Gasteiger partial charge in [-0.05, 0) is 36.6 Å². The van der Waals surface area contributed by atoms with Crippen molar-refractivity contribution in [3.8, 4) is 11.4 Å². The molecule has 29 heavy (non-hydrogen) atoms. The number of hydrogen-bond acceptors (Lipinski definition) is 5. The van der Waals surface area contributed by atoms with E-state index in [2.05, 4.69) is 29.8 Å². The molecule has 0 atom stereocenters. The van der Waals surface area contributed by atoms with Crippen LogP contribution in [0.1, 0.15) is 26.7 Å². The van der Waals surface area contributed by atoms with Crippen LogP contribution in [0.3, 0.4) is 0 Å². The van der Waals surface area contributed by atoms with Gasteiger partial charge in [-0.3, -0.25) is 9.78 Å². The summed E-state index contributed by atoms with van der Waals surface area (Å²) >= 11 is 0. The number of fused-ring (bicyclic) bond motifs is 1. The summed E-state index contributed by atoms with van der Waals surface area (Å²) in [6.07, 6.45) is 5.13. The van der Waals surface area contributed by atoms with Crippen LogP contribution in [0.5, 0.6) is 0 Å². The molecule has 0 spiro atoms. The van der Waals surface area contributed by atoms with E-state index in [0.29, 0.717) is 18.2 Å². The van der Waals surface area contributed by atoms with Crippen LogP contribution >= 0.6 is 0 Å². The highest BCUT2D eigenvalue weighted by Gasteiger charge is 2.23. The number of benzene rings is 1. The van der Waals surface area contributed by atoms with Crippen molar-refractivity contribution < 1.29 is 4.79 Å². The maximum atomic E-state index is 12.5. The lowest BCUT2D eigenvalue weighted by atomic mass is 10.1. The molecule has 1 aromatic carbocycles. The molecule has 150 valence electrons. The molecule has 1 aliphatic rings. The van der Waals surface area contributed by atoms with Crippen LogP contribution in [0.15, 0.2) is 48.8 Å². The lowest BCUT2D eigenvalue weighted by molar-refractivity contribution is -0.131. The first-order chi connectivity index (χ1) is 14.1. The Bertz CT molecular complexity index is 981.